The first-order valence-corrected chi connectivity index (χ1v) is 7.85. The van der Waals surface area contributed by atoms with Crippen molar-refractivity contribution in [3.05, 3.63) is 40.3 Å². The van der Waals surface area contributed by atoms with E-state index in [4.69, 9.17) is 0 Å². The summed E-state index contributed by atoms with van der Waals surface area (Å²) in [5.74, 6) is -0.338. The highest BCUT2D eigenvalue weighted by atomic mass is 16.3. The Morgan fingerprint density at radius 2 is 1.87 bits per heavy atom. The molecule has 1 aromatic heterocycles. The van der Waals surface area contributed by atoms with E-state index < -0.39 is 5.60 Å². The zero-order chi connectivity index (χ0) is 17.0. The maximum atomic E-state index is 12.4. The van der Waals surface area contributed by atoms with Crippen molar-refractivity contribution in [2.75, 3.05) is 6.54 Å². The number of hydrogen-bond acceptors (Lipinski definition) is 4. The van der Waals surface area contributed by atoms with E-state index in [9.17, 15) is 14.7 Å². The molecule has 0 fully saturated rings. The van der Waals surface area contributed by atoms with Crippen molar-refractivity contribution in [2.24, 2.45) is 0 Å². The van der Waals surface area contributed by atoms with E-state index in [1.165, 1.54) is 4.68 Å². The van der Waals surface area contributed by atoms with E-state index in [1.807, 2.05) is 32.9 Å². The number of nitrogens with one attached hydrogen (secondary N) is 1. The van der Waals surface area contributed by atoms with Gasteiger partial charge in [-0.05, 0) is 25.8 Å². The fraction of sp³-hybridized carbons (Fsp3) is 0.471. The van der Waals surface area contributed by atoms with Gasteiger partial charge in [-0.3, -0.25) is 9.59 Å². The summed E-state index contributed by atoms with van der Waals surface area (Å²) in [4.78, 5) is 24.5. The molecule has 0 atom stereocenters. The predicted octanol–water partition coefficient (Wildman–Crippen LogP) is 1.37. The number of aliphatic hydroxyl groups is 1. The Bertz CT molecular complexity index is 763. The molecular weight excluding hydrogens is 294 g/mol. The van der Waals surface area contributed by atoms with Crippen molar-refractivity contribution in [3.63, 3.8) is 0 Å². The molecule has 6 nitrogen and oxygen atoms in total. The minimum absolute atomic E-state index is 0.159. The molecule has 0 aliphatic carbocycles. The molecule has 0 saturated heterocycles. The van der Waals surface area contributed by atoms with Gasteiger partial charge in [0.1, 0.15) is 6.54 Å². The molecule has 0 aliphatic heterocycles. The third-order valence-corrected chi connectivity index (χ3v) is 4.28. The van der Waals surface area contributed by atoms with Gasteiger partial charge in [0.05, 0.1) is 16.7 Å². The van der Waals surface area contributed by atoms with Crippen LogP contribution in [0.2, 0.25) is 0 Å². The van der Waals surface area contributed by atoms with E-state index >= 15 is 0 Å². The van der Waals surface area contributed by atoms with Crippen LogP contribution in [0, 0.1) is 6.92 Å². The van der Waals surface area contributed by atoms with Crippen LogP contribution in [0.25, 0.3) is 10.8 Å². The Kier molecular flexibility index (Phi) is 5.15. The largest absolute Gasteiger partial charge is 0.388 e. The summed E-state index contributed by atoms with van der Waals surface area (Å²) in [7, 11) is 0. The molecule has 0 spiro atoms. The van der Waals surface area contributed by atoms with Crippen molar-refractivity contribution in [1.82, 2.24) is 15.1 Å². The maximum absolute atomic E-state index is 12.4. The lowest BCUT2D eigenvalue weighted by atomic mass is 9.98. The third-order valence-electron chi connectivity index (χ3n) is 4.28. The fourth-order valence-corrected chi connectivity index (χ4v) is 2.47. The topological polar surface area (TPSA) is 84.2 Å². The molecule has 1 aromatic carbocycles. The number of fused-ring (bicyclic) bond motifs is 1. The highest BCUT2D eigenvalue weighted by Crippen LogP contribution is 2.13. The number of carbonyl (C=O) groups is 1. The SMILES string of the molecule is CCC(O)(CC)CNC(=O)Cn1nc(C)c2ccccc2c1=O. The van der Waals surface area contributed by atoms with E-state index in [0.717, 1.165) is 5.39 Å². The number of aryl methyl sites for hydroxylation is 1. The van der Waals surface area contributed by atoms with Crippen molar-refractivity contribution in [2.45, 2.75) is 45.8 Å². The lowest BCUT2D eigenvalue weighted by molar-refractivity contribution is -0.123. The summed E-state index contributed by atoms with van der Waals surface area (Å²) in [6, 6.07) is 7.21. The molecule has 0 bridgehead atoms. The highest BCUT2D eigenvalue weighted by molar-refractivity contribution is 5.83. The average molecular weight is 317 g/mol. The average Bonchev–Trinajstić information content (AvgIpc) is 2.57. The third kappa shape index (κ3) is 3.76. The summed E-state index contributed by atoms with van der Waals surface area (Å²) in [5.41, 5.74) is -0.498. The number of benzene rings is 1. The fourth-order valence-electron chi connectivity index (χ4n) is 2.47. The van der Waals surface area contributed by atoms with Crippen molar-refractivity contribution < 1.29 is 9.90 Å². The van der Waals surface area contributed by atoms with Gasteiger partial charge < -0.3 is 10.4 Å². The van der Waals surface area contributed by atoms with Crippen LogP contribution in [0.3, 0.4) is 0 Å². The van der Waals surface area contributed by atoms with Crippen molar-refractivity contribution in [3.8, 4) is 0 Å². The minimum atomic E-state index is -0.909. The zero-order valence-electron chi connectivity index (χ0n) is 13.8. The van der Waals surface area contributed by atoms with E-state index in [0.29, 0.717) is 23.9 Å². The molecule has 1 amide bonds. The van der Waals surface area contributed by atoms with Gasteiger partial charge in [-0.25, -0.2) is 4.68 Å². The Balaban J connectivity index is 2.17. The second-order valence-electron chi connectivity index (χ2n) is 5.80. The lowest BCUT2D eigenvalue weighted by Crippen LogP contribution is -2.44. The number of rotatable bonds is 6. The molecule has 0 saturated carbocycles. The molecule has 2 rings (SSSR count). The molecular formula is C17H23N3O3. The van der Waals surface area contributed by atoms with Crippen LogP contribution in [0.4, 0.5) is 0 Å². The summed E-state index contributed by atoms with van der Waals surface area (Å²) in [6.07, 6.45) is 1.11. The summed E-state index contributed by atoms with van der Waals surface area (Å²) >= 11 is 0. The maximum Gasteiger partial charge on any atom is 0.275 e. The van der Waals surface area contributed by atoms with Gasteiger partial charge in [0.2, 0.25) is 5.91 Å². The number of hydrogen-bond donors (Lipinski definition) is 2. The monoisotopic (exact) mass is 317 g/mol. The normalized spacial score (nSPS) is 11.7. The Morgan fingerprint density at radius 1 is 1.26 bits per heavy atom. The Labute approximate surface area is 135 Å². The van der Waals surface area contributed by atoms with Crippen LogP contribution < -0.4 is 10.9 Å². The van der Waals surface area contributed by atoms with E-state index in [2.05, 4.69) is 10.4 Å². The second-order valence-corrected chi connectivity index (χ2v) is 5.80. The first kappa shape index (κ1) is 17.1. The van der Waals surface area contributed by atoms with Crippen LogP contribution >= 0.6 is 0 Å². The second kappa shape index (κ2) is 6.91. The van der Waals surface area contributed by atoms with Gasteiger partial charge in [0.25, 0.3) is 5.56 Å². The Morgan fingerprint density at radius 3 is 2.48 bits per heavy atom. The van der Waals surface area contributed by atoms with Gasteiger partial charge >= 0.3 is 0 Å². The first-order valence-electron chi connectivity index (χ1n) is 7.85. The number of nitrogens with zero attached hydrogens (tertiary/aromatic N) is 2. The Hall–Kier alpha value is -2.21. The molecule has 1 heterocycles. The smallest absolute Gasteiger partial charge is 0.275 e. The van der Waals surface area contributed by atoms with Crippen molar-refractivity contribution in [1.29, 1.82) is 0 Å². The molecule has 2 N–H and O–H groups in total. The number of amides is 1. The standard InChI is InChI=1S/C17H23N3O3/c1-4-17(23,5-2)11-18-15(21)10-20-16(22)14-9-7-6-8-13(14)12(3)19-20/h6-9,23H,4-5,10-11H2,1-3H3,(H,18,21). The first-order chi connectivity index (χ1) is 10.9. The van der Waals surface area contributed by atoms with Crippen LogP contribution in [-0.2, 0) is 11.3 Å². The van der Waals surface area contributed by atoms with Crippen LogP contribution in [-0.4, -0.2) is 32.9 Å². The van der Waals surface area contributed by atoms with Gasteiger partial charge in [0, 0.05) is 11.9 Å². The molecule has 0 aliphatic rings. The van der Waals surface area contributed by atoms with E-state index in [1.54, 1.807) is 12.1 Å². The van der Waals surface area contributed by atoms with Crippen LogP contribution in [0.1, 0.15) is 32.4 Å². The summed E-state index contributed by atoms with van der Waals surface area (Å²) in [5, 5.41) is 18.4. The van der Waals surface area contributed by atoms with Gasteiger partial charge in [0.15, 0.2) is 0 Å². The molecule has 2 aromatic rings. The molecule has 0 radical (unpaired) electrons. The predicted molar refractivity (Wildman–Crippen MR) is 89.3 cm³/mol. The molecule has 6 heteroatoms. The highest BCUT2D eigenvalue weighted by Gasteiger charge is 2.23. The summed E-state index contributed by atoms with van der Waals surface area (Å²) < 4.78 is 1.17. The minimum Gasteiger partial charge on any atom is -0.388 e. The van der Waals surface area contributed by atoms with Crippen LogP contribution in [0.15, 0.2) is 29.1 Å². The molecule has 0 unspecified atom stereocenters. The number of aromatic nitrogens is 2. The van der Waals surface area contributed by atoms with Gasteiger partial charge in [-0.1, -0.05) is 32.0 Å². The molecule has 124 valence electrons. The quantitative estimate of drug-likeness (QED) is 0.843. The lowest BCUT2D eigenvalue weighted by Gasteiger charge is -2.25. The number of carbonyl (C=O) groups excluding carboxylic acids is 1. The summed E-state index contributed by atoms with van der Waals surface area (Å²) in [6.45, 7) is 5.56. The van der Waals surface area contributed by atoms with E-state index in [-0.39, 0.29) is 24.6 Å². The van der Waals surface area contributed by atoms with Crippen LogP contribution in [0.5, 0.6) is 0 Å². The zero-order valence-corrected chi connectivity index (χ0v) is 13.8. The van der Waals surface area contributed by atoms with Gasteiger partial charge in [-0.15, -0.1) is 0 Å². The van der Waals surface area contributed by atoms with Crippen molar-refractivity contribution >= 4 is 16.7 Å². The molecule has 23 heavy (non-hydrogen) atoms. The van der Waals surface area contributed by atoms with Gasteiger partial charge in [-0.2, -0.15) is 5.10 Å².